The number of methoxy groups -OCH3 is 1. The van der Waals surface area contributed by atoms with E-state index in [1.165, 1.54) is 43.7 Å². The van der Waals surface area contributed by atoms with E-state index in [9.17, 15) is 23.6 Å². The lowest BCUT2D eigenvalue weighted by Crippen LogP contribution is -2.53. The molecule has 3 rings (SSSR count). The van der Waals surface area contributed by atoms with Crippen molar-refractivity contribution >= 4 is 33.5 Å². The molecule has 0 aliphatic rings. The first-order valence-corrected chi connectivity index (χ1v) is 13.1. The summed E-state index contributed by atoms with van der Waals surface area (Å²) in [6.07, 6.45) is 0.179. The Bertz CT molecular complexity index is 1480. The van der Waals surface area contributed by atoms with Crippen molar-refractivity contribution in [3.63, 3.8) is 0 Å². The number of carbonyl (C=O) groups excluding carboxylic acids is 2. The molecule has 0 unspecified atom stereocenters. The molecule has 9 nitrogen and oxygen atoms in total. The Kier molecular flexibility index (Phi) is 8.81. The molecule has 0 fully saturated rings. The van der Waals surface area contributed by atoms with Crippen LogP contribution in [0.5, 0.6) is 5.75 Å². The van der Waals surface area contributed by atoms with Crippen LogP contribution in [0.15, 0.2) is 27.8 Å². The summed E-state index contributed by atoms with van der Waals surface area (Å²) in [4.78, 5) is 53.7. The summed E-state index contributed by atoms with van der Waals surface area (Å²) in [7, 11) is 1.46. The van der Waals surface area contributed by atoms with E-state index in [0.29, 0.717) is 16.9 Å². The van der Waals surface area contributed by atoms with Crippen molar-refractivity contribution in [3.05, 3.63) is 60.9 Å². The van der Waals surface area contributed by atoms with Crippen LogP contribution in [0.25, 0.3) is 10.2 Å². The number of aryl methyl sites for hydroxylation is 3. The Morgan fingerprint density at radius 2 is 1.84 bits per heavy atom. The lowest BCUT2D eigenvalue weighted by molar-refractivity contribution is -0.154. The highest BCUT2D eigenvalue weighted by Crippen LogP contribution is 2.30. The van der Waals surface area contributed by atoms with E-state index in [1.54, 1.807) is 13.8 Å². The third-order valence-electron chi connectivity index (χ3n) is 6.13. The minimum absolute atomic E-state index is 0.0226. The highest BCUT2D eigenvalue weighted by molar-refractivity contribution is 7.20. The van der Waals surface area contributed by atoms with Crippen LogP contribution in [0.4, 0.5) is 4.39 Å². The van der Waals surface area contributed by atoms with Crippen LogP contribution in [0, 0.1) is 18.7 Å². The predicted octanol–water partition coefficient (Wildman–Crippen LogP) is 4.03. The minimum atomic E-state index is -1.64. The molecule has 0 amide bonds. The maximum Gasteiger partial charge on any atom is 0.348 e. The number of hydrogen-bond donors (Lipinski definition) is 0. The number of aromatic nitrogens is 2. The Morgan fingerprint density at radius 3 is 2.45 bits per heavy atom. The van der Waals surface area contributed by atoms with Crippen LogP contribution in [0.1, 0.15) is 55.4 Å². The van der Waals surface area contributed by atoms with Gasteiger partial charge in [-0.15, -0.1) is 11.3 Å². The van der Waals surface area contributed by atoms with E-state index in [4.69, 9.17) is 14.2 Å². The van der Waals surface area contributed by atoms with Crippen molar-refractivity contribution < 1.29 is 28.2 Å². The van der Waals surface area contributed by atoms with E-state index >= 15 is 0 Å². The highest BCUT2D eigenvalue weighted by atomic mass is 32.1. The Labute approximate surface area is 223 Å². The number of rotatable bonds is 10. The van der Waals surface area contributed by atoms with E-state index in [1.807, 2.05) is 13.8 Å². The topological polar surface area (TPSA) is 106 Å². The molecule has 0 aliphatic heterocycles. The maximum atomic E-state index is 14.0. The number of esters is 2. The van der Waals surface area contributed by atoms with Crippen LogP contribution in [0.2, 0.25) is 0 Å². The Morgan fingerprint density at radius 1 is 1.16 bits per heavy atom. The molecule has 11 heteroatoms. The number of halogens is 1. The number of hydrogen-bond acceptors (Lipinski definition) is 8. The van der Waals surface area contributed by atoms with Crippen molar-refractivity contribution in [2.75, 3.05) is 20.3 Å². The van der Waals surface area contributed by atoms with Crippen LogP contribution in [-0.4, -0.2) is 41.4 Å². The van der Waals surface area contributed by atoms with Gasteiger partial charge in [0.2, 0.25) is 0 Å². The second-order valence-electron chi connectivity index (χ2n) is 9.79. The monoisotopic (exact) mass is 548 g/mol. The van der Waals surface area contributed by atoms with Crippen molar-refractivity contribution in [2.24, 2.45) is 5.92 Å². The van der Waals surface area contributed by atoms with Crippen LogP contribution in [0.3, 0.4) is 0 Å². The van der Waals surface area contributed by atoms with E-state index < -0.39 is 34.5 Å². The second-order valence-corrected chi connectivity index (χ2v) is 10.8. The molecule has 2 heterocycles. The van der Waals surface area contributed by atoms with E-state index in [0.717, 1.165) is 15.9 Å². The van der Waals surface area contributed by atoms with Gasteiger partial charge < -0.3 is 14.2 Å². The Hall–Kier alpha value is -3.47. The van der Waals surface area contributed by atoms with Gasteiger partial charge in [-0.1, -0.05) is 13.8 Å². The molecular weight excluding hydrogens is 515 g/mol. The first-order valence-electron chi connectivity index (χ1n) is 12.3. The molecule has 0 saturated heterocycles. The van der Waals surface area contributed by atoms with Crippen molar-refractivity contribution in [1.82, 2.24) is 9.13 Å². The summed E-state index contributed by atoms with van der Waals surface area (Å²) in [5, 5.41) is 0.133. The standard InChI is InChI=1S/C27H33FN2O7S/c1-8-36-24(32)21-16(4)20-22(31)30(27(5,6)25(33)37-14-15(2)3)26(34)29(23(20)38-21)12-11-17-13-18(28)9-10-19(17)35-7/h9-10,13,15H,8,11-12,14H2,1-7H3. The smallest absolute Gasteiger partial charge is 0.348 e. The quantitative estimate of drug-likeness (QED) is 0.352. The van der Waals surface area contributed by atoms with Crippen LogP contribution < -0.4 is 16.0 Å². The highest BCUT2D eigenvalue weighted by Gasteiger charge is 2.37. The SMILES string of the molecule is CCOC(=O)c1sc2c(c1C)c(=O)n(C(C)(C)C(=O)OCC(C)C)c(=O)n2CCc1cc(F)ccc1OC. The molecule has 3 aromatic rings. The molecule has 0 saturated carbocycles. The number of ether oxygens (including phenoxy) is 3. The van der Waals surface area contributed by atoms with Gasteiger partial charge in [-0.05, 0) is 69.4 Å². The normalized spacial score (nSPS) is 11.7. The molecule has 0 bridgehead atoms. The molecular formula is C27H33FN2O7S. The number of thiophene rings is 1. The average molecular weight is 549 g/mol. The number of nitrogens with zero attached hydrogens (tertiary/aromatic N) is 2. The molecule has 0 N–H and O–H groups in total. The second kappa shape index (κ2) is 11.5. The third-order valence-corrected chi connectivity index (χ3v) is 7.42. The fourth-order valence-corrected chi connectivity index (χ4v) is 5.33. The van der Waals surface area contributed by atoms with Gasteiger partial charge in [0.25, 0.3) is 5.56 Å². The van der Waals surface area contributed by atoms with Crippen molar-refractivity contribution in [3.8, 4) is 5.75 Å². The molecule has 0 spiro atoms. The van der Waals surface area contributed by atoms with Crippen LogP contribution in [-0.2, 0) is 32.8 Å². The van der Waals surface area contributed by atoms with Gasteiger partial charge >= 0.3 is 17.6 Å². The lowest BCUT2D eigenvalue weighted by Gasteiger charge is -2.26. The first kappa shape index (κ1) is 29.1. The van der Waals surface area contributed by atoms with Gasteiger partial charge in [-0.3, -0.25) is 9.36 Å². The average Bonchev–Trinajstić information content (AvgIpc) is 3.19. The van der Waals surface area contributed by atoms with E-state index in [-0.39, 0.29) is 47.2 Å². The number of fused-ring (bicyclic) bond motifs is 1. The molecule has 1 aromatic carbocycles. The van der Waals surface area contributed by atoms with Crippen LogP contribution >= 0.6 is 11.3 Å². The summed E-state index contributed by atoms with van der Waals surface area (Å²) in [6.45, 7) is 10.2. The molecule has 2 aromatic heterocycles. The summed E-state index contributed by atoms with van der Waals surface area (Å²) in [5.41, 5.74) is -2.24. The van der Waals surface area contributed by atoms with Crippen molar-refractivity contribution in [2.45, 2.75) is 60.0 Å². The fourth-order valence-electron chi connectivity index (χ4n) is 4.11. The third kappa shape index (κ3) is 5.52. The molecule has 0 atom stereocenters. The maximum absolute atomic E-state index is 14.0. The van der Waals surface area contributed by atoms with Gasteiger partial charge in [-0.25, -0.2) is 23.3 Å². The van der Waals surface area contributed by atoms with Gasteiger partial charge in [0.05, 0.1) is 25.7 Å². The first-order chi connectivity index (χ1) is 17.8. The summed E-state index contributed by atoms with van der Waals surface area (Å²) in [5.74, 6) is -1.32. The summed E-state index contributed by atoms with van der Waals surface area (Å²) >= 11 is 0.971. The molecule has 0 aliphatic carbocycles. The lowest BCUT2D eigenvalue weighted by atomic mass is 10.0. The zero-order valence-electron chi connectivity index (χ0n) is 22.7. The van der Waals surface area contributed by atoms with Gasteiger partial charge in [0.15, 0.2) is 0 Å². The van der Waals surface area contributed by atoms with Gasteiger partial charge in [0.1, 0.15) is 26.8 Å². The Balaban J connectivity index is 2.27. The molecule has 38 heavy (non-hydrogen) atoms. The fraction of sp³-hybridized carbons (Fsp3) is 0.481. The molecule has 0 radical (unpaired) electrons. The zero-order valence-corrected chi connectivity index (χ0v) is 23.5. The van der Waals surface area contributed by atoms with Gasteiger partial charge in [0, 0.05) is 6.54 Å². The molecule has 206 valence electrons. The van der Waals surface area contributed by atoms with E-state index in [2.05, 4.69) is 0 Å². The minimum Gasteiger partial charge on any atom is -0.496 e. The summed E-state index contributed by atoms with van der Waals surface area (Å²) < 4.78 is 32.1. The van der Waals surface area contributed by atoms with Gasteiger partial charge in [-0.2, -0.15) is 0 Å². The van der Waals surface area contributed by atoms with Crippen molar-refractivity contribution in [1.29, 1.82) is 0 Å². The number of benzene rings is 1. The predicted molar refractivity (Wildman–Crippen MR) is 143 cm³/mol. The zero-order chi connectivity index (χ0) is 28.4. The number of carbonyl (C=O) groups is 2. The summed E-state index contributed by atoms with van der Waals surface area (Å²) in [6, 6.07) is 4.08. The largest absolute Gasteiger partial charge is 0.496 e.